The maximum absolute atomic E-state index is 5.70. The SMILES string of the molecule is CNC(c1cccc(Br)c1)c1cccc(CN)c1. The molecule has 18 heavy (non-hydrogen) atoms. The molecule has 2 nitrogen and oxygen atoms in total. The van der Waals surface area contributed by atoms with Gasteiger partial charge in [-0.05, 0) is 35.9 Å². The van der Waals surface area contributed by atoms with Crippen molar-refractivity contribution in [3.05, 3.63) is 69.7 Å². The first-order valence-corrected chi connectivity index (χ1v) is 6.75. The number of halogens is 1. The van der Waals surface area contributed by atoms with Gasteiger partial charge in [0.25, 0.3) is 0 Å². The maximum Gasteiger partial charge on any atom is 0.0574 e. The smallest absolute Gasteiger partial charge is 0.0574 e. The highest BCUT2D eigenvalue weighted by Gasteiger charge is 2.12. The van der Waals surface area contributed by atoms with E-state index in [0.717, 1.165) is 10.0 Å². The summed E-state index contributed by atoms with van der Waals surface area (Å²) in [5, 5.41) is 3.35. The first kappa shape index (κ1) is 13.3. The summed E-state index contributed by atoms with van der Waals surface area (Å²) in [7, 11) is 1.97. The number of benzene rings is 2. The van der Waals surface area contributed by atoms with Crippen LogP contribution in [0.5, 0.6) is 0 Å². The number of nitrogens with one attached hydrogen (secondary N) is 1. The van der Waals surface area contributed by atoms with Crippen LogP contribution in [0.4, 0.5) is 0 Å². The van der Waals surface area contributed by atoms with Crippen LogP contribution in [0, 0.1) is 0 Å². The predicted octanol–water partition coefficient (Wildman–Crippen LogP) is 3.22. The molecule has 0 bridgehead atoms. The molecule has 0 radical (unpaired) electrons. The van der Waals surface area contributed by atoms with E-state index in [-0.39, 0.29) is 6.04 Å². The molecule has 0 fully saturated rings. The highest BCUT2D eigenvalue weighted by Crippen LogP contribution is 2.24. The molecule has 2 aromatic carbocycles. The summed E-state index contributed by atoms with van der Waals surface area (Å²) < 4.78 is 1.09. The zero-order valence-electron chi connectivity index (χ0n) is 10.4. The third-order valence-corrected chi connectivity index (χ3v) is 3.48. The van der Waals surface area contributed by atoms with Crippen molar-refractivity contribution in [1.82, 2.24) is 5.32 Å². The second-order valence-corrected chi connectivity index (χ2v) is 5.14. The summed E-state index contributed by atoms with van der Waals surface area (Å²) in [6.45, 7) is 0.572. The van der Waals surface area contributed by atoms with E-state index in [9.17, 15) is 0 Å². The number of hydrogen-bond acceptors (Lipinski definition) is 2. The molecule has 1 unspecified atom stereocenters. The molecular formula is C15H17BrN2. The van der Waals surface area contributed by atoms with Gasteiger partial charge in [-0.15, -0.1) is 0 Å². The van der Waals surface area contributed by atoms with Crippen molar-refractivity contribution in [2.24, 2.45) is 5.73 Å². The maximum atomic E-state index is 5.70. The van der Waals surface area contributed by atoms with Gasteiger partial charge in [-0.1, -0.05) is 52.3 Å². The molecule has 0 saturated carbocycles. The lowest BCUT2D eigenvalue weighted by Gasteiger charge is -2.18. The highest BCUT2D eigenvalue weighted by molar-refractivity contribution is 9.10. The summed E-state index contributed by atoms with van der Waals surface area (Å²) in [6.07, 6.45) is 0. The summed E-state index contributed by atoms with van der Waals surface area (Å²) in [5.41, 5.74) is 9.32. The normalized spacial score (nSPS) is 12.4. The molecule has 94 valence electrons. The Morgan fingerprint density at radius 2 is 1.78 bits per heavy atom. The van der Waals surface area contributed by atoms with Crippen molar-refractivity contribution < 1.29 is 0 Å². The lowest BCUT2D eigenvalue weighted by atomic mass is 9.97. The number of hydrogen-bond donors (Lipinski definition) is 2. The van der Waals surface area contributed by atoms with Gasteiger partial charge in [-0.2, -0.15) is 0 Å². The Morgan fingerprint density at radius 3 is 2.39 bits per heavy atom. The Hall–Kier alpha value is -1.16. The van der Waals surface area contributed by atoms with Gasteiger partial charge in [0.2, 0.25) is 0 Å². The van der Waals surface area contributed by atoms with Crippen molar-refractivity contribution in [2.45, 2.75) is 12.6 Å². The Labute approximate surface area is 116 Å². The monoisotopic (exact) mass is 304 g/mol. The standard InChI is InChI=1S/C15H17BrN2/c1-18-15(13-6-3-7-14(16)9-13)12-5-2-4-11(8-12)10-17/h2-9,15,18H,10,17H2,1H3. The molecule has 0 saturated heterocycles. The van der Waals surface area contributed by atoms with Crippen LogP contribution in [0.1, 0.15) is 22.7 Å². The van der Waals surface area contributed by atoms with Gasteiger partial charge in [0.1, 0.15) is 0 Å². The molecular weight excluding hydrogens is 288 g/mol. The van der Waals surface area contributed by atoms with Crippen LogP contribution >= 0.6 is 15.9 Å². The Bertz CT molecular complexity index is 525. The van der Waals surface area contributed by atoms with Crippen LogP contribution in [0.15, 0.2) is 53.0 Å². The number of nitrogens with two attached hydrogens (primary N) is 1. The summed E-state index contributed by atoms with van der Waals surface area (Å²) in [5.74, 6) is 0. The third kappa shape index (κ3) is 2.99. The van der Waals surface area contributed by atoms with Crippen LogP contribution in [0.2, 0.25) is 0 Å². The first-order valence-electron chi connectivity index (χ1n) is 5.96. The third-order valence-electron chi connectivity index (χ3n) is 2.99. The zero-order valence-corrected chi connectivity index (χ0v) is 11.9. The molecule has 2 aromatic rings. The van der Waals surface area contributed by atoms with E-state index in [0.29, 0.717) is 6.54 Å². The molecule has 1 atom stereocenters. The van der Waals surface area contributed by atoms with Crippen LogP contribution in [0.25, 0.3) is 0 Å². The van der Waals surface area contributed by atoms with E-state index in [1.807, 2.05) is 13.1 Å². The van der Waals surface area contributed by atoms with Gasteiger partial charge in [0, 0.05) is 11.0 Å². The second kappa shape index (κ2) is 6.14. The van der Waals surface area contributed by atoms with E-state index < -0.39 is 0 Å². The average Bonchev–Trinajstić information content (AvgIpc) is 2.40. The molecule has 0 heterocycles. The van der Waals surface area contributed by atoms with E-state index >= 15 is 0 Å². The minimum absolute atomic E-state index is 0.189. The quantitative estimate of drug-likeness (QED) is 0.910. The Balaban J connectivity index is 2.38. The molecule has 3 N–H and O–H groups in total. The fourth-order valence-corrected chi connectivity index (χ4v) is 2.53. The summed E-state index contributed by atoms with van der Waals surface area (Å²) in [6, 6.07) is 16.9. The molecule has 0 aliphatic carbocycles. The van der Waals surface area contributed by atoms with Crippen LogP contribution < -0.4 is 11.1 Å². The topological polar surface area (TPSA) is 38.0 Å². The Morgan fingerprint density at radius 1 is 1.11 bits per heavy atom. The van der Waals surface area contributed by atoms with Crippen molar-refractivity contribution in [2.75, 3.05) is 7.05 Å². The van der Waals surface area contributed by atoms with Crippen LogP contribution in [0.3, 0.4) is 0 Å². The minimum atomic E-state index is 0.189. The van der Waals surface area contributed by atoms with Crippen molar-refractivity contribution in [3.63, 3.8) is 0 Å². The average molecular weight is 305 g/mol. The van der Waals surface area contributed by atoms with E-state index in [4.69, 9.17) is 5.73 Å². The largest absolute Gasteiger partial charge is 0.326 e. The molecule has 0 aliphatic heterocycles. The summed E-state index contributed by atoms with van der Waals surface area (Å²) >= 11 is 3.51. The first-order chi connectivity index (χ1) is 8.74. The fourth-order valence-electron chi connectivity index (χ4n) is 2.11. The second-order valence-electron chi connectivity index (χ2n) is 4.23. The van der Waals surface area contributed by atoms with Gasteiger partial charge in [0.15, 0.2) is 0 Å². The van der Waals surface area contributed by atoms with E-state index in [2.05, 4.69) is 63.7 Å². The lowest BCUT2D eigenvalue weighted by Crippen LogP contribution is -2.18. The lowest BCUT2D eigenvalue weighted by molar-refractivity contribution is 0.690. The molecule has 3 heteroatoms. The molecule has 0 spiro atoms. The zero-order chi connectivity index (χ0) is 13.0. The van der Waals surface area contributed by atoms with Crippen LogP contribution in [-0.4, -0.2) is 7.05 Å². The van der Waals surface area contributed by atoms with Crippen molar-refractivity contribution in [1.29, 1.82) is 0 Å². The molecule has 0 amide bonds. The van der Waals surface area contributed by atoms with E-state index in [1.165, 1.54) is 11.1 Å². The predicted molar refractivity (Wildman–Crippen MR) is 79.4 cm³/mol. The minimum Gasteiger partial charge on any atom is -0.326 e. The van der Waals surface area contributed by atoms with Crippen molar-refractivity contribution >= 4 is 15.9 Å². The van der Waals surface area contributed by atoms with Gasteiger partial charge >= 0.3 is 0 Å². The molecule has 0 aromatic heterocycles. The molecule has 0 aliphatic rings. The van der Waals surface area contributed by atoms with Gasteiger partial charge in [0.05, 0.1) is 6.04 Å². The number of rotatable bonds is 4. The fraction of sp³-hybridized carbons (Fsp3) is 0.200. The van der Waals surface area contributed by atoms with Crippen molar-refractivity contribution in [3.8, 4) is 0 Å². The van der Waals surface area contributed by atoms with Gasteiger partial charge in [-0.25, -0.2) is 0 Å². The van der Waals surface area contributed by atoms with Gasteiger partial charge < -0.3 is 11.1 Å². The Kier molecular flexibility index (Phi) is 4.53. The van der Waals surface area contributed by atoms with E-state index in [1.54, 1.807) is 0 Å². The van der Waals surface area contributed by atoms with Gasteiger partial charge in [-0.3, -0.25) is 0 Å². The van der Waals surface area contributed by atoms with Crippen LogP contribution in [-0.2, 0) is 6.54 Å². The molecule has 2 rings (SSSR count). The summed E-state index contributed by atoms with van der Waals surface area (Å²) in [4.78, 5) is 0. The highest BCUT2D eigenvalue weighted by atomic mass is 79.9.